The van der Waals surface area contributed by atoms with E-state index in [1.54, 1.807) is 0 Å². The highest BCUT2D eigenvalue weighted by Gasteiger charge is 2.39. The van der Waals surface area contributed by atoms with E-state index in [9.17, 15) is 0 Å². The molecule has 3 unspecified atom stereocenters. The summed E-state index contributed by atoms with van der Waals surface area (Å²) in [4.78, 5) is 10.4. The second-order valence-corrected chi connectivity index (χ2v) is 5.90. The van der Waals surface area contributed by atoms with Crippen molar-refractivity contribution in [2.45, 2.75) is 25.7 Å². The van der Waals surface area contributed by atoms with Crippen LogP contribution in [0, 0.1) is 17.8 Å². The van der Waals surface area contributed by atoms with Crippen LogP contribution in [0.1, 0.15) is 25.7 Å². The smallest absolute Gasteiger partial charge is 0.134 e. The molecule has 1 heterocycles. The molecule has 2 aliphatic rings. The average Bonchev–Trinajstić information content (AvgIpc) is 2.91. The van der Waals surface area contributed by atoms with E-state index >= 15 is 0 Å². The van der Waals surface area contributed by atoms with Gasteiger partial charge >= 0.3 is 0 Å². The van der Waals surface area contributed by atoms with Crippen molar-refractivity contribution < 1.29 is 0 Å². The zero-order chi connectivity index (χ0) is 11.8. The van der Waals surface area contributed by atoms with Crippen LogP contribution >= 0.6 is 11.6 Å². The summed E-state index contributed by atoms with van der Waals surface area (Å²) in [6.45, 7) is 1.11. The molecule has 0 spiro atoms. The minimum Gasteiger partial charge on any atom is -0.359 e. The lowest BCUT2D eigenvalue weighted by Crippen LogP contribution is -2.29. The maximum absolute atomic E-state index is 5.89. The maximum atomic E-state index is 5.89. The number of nitrogens with zero attached hydrogens (tertiary/aromatic N) is 3. The highest BCUT2D eigenvalue weighted by Crippen LogP contribution is 2.48. The second kappa shape index (κ2) is 4.45. The molecule has 3 nitrogen and oxygen atoms in total. The Kier molecular flexibility index (Phi) is 2.95. The van der Waals surface area contributed by atoms with E-state index in [0.717, 1.165) is 30.1 Å². The molecule has 0 aromatic carbocycles. The maximum Gasteiger partial charge on any atom is 0.134 e. The van der Waals surface area contributed by atoms with Crippen LogP contribution in [-0.4, -0.2) is 23.6 Å². The normalized spacial score (nSPS) is 30.8. The van der Waals surface area contributed by atoms with Gasteiger partial charge in [-0.3, -0.25) is 0 Å². The minimum absolute atomic E-state index is 0.523. The summed E-state index contributed by atoms with van der Waals surface area (Å²) in [7, 11) is 2.10. The highest BCUT2D eigenvalue weighted by atomic mass is 35.5. The van der Waals surface area contributed by atoms with Gasteiger partial charge in [-0.25, -0.2) is 9.97 Å². The molecule has 92 valence electrons. The number of aromatic nitrogens is 2. The summed E-state index contributed by atoms with van der Waals surface area (Å²) < 4.78 is 0. The van der Waals surface area contributed by atoms with Crippen molar-refractivity contribution in [2.24, 2.45) is 17.8 Å². The fraction of sp³-hybridized carbons (Fsp3) is 0.692. The van der Waals surface area contributed by atoms with E-state index in [-0.39, 0.29) is 0 Å². The van der Waals surface area contributed by atoms with Gasteiger partial charge in [-0.1, -0.05) is 18.0 Å². The molecule has 17 heavy (non-hydrogen) atoms. The van der Waals surface area contributed by atoms with E-state index in [4.69, 9.17) is 11.6 Å². The number of anilines is 1. The molecule has 1 aromatic heterocycles. The van der Waals surface area contributed by atoms with Gasteiger partial charge in [0.1, 0.15) is 17.3 Å². The van der Waals surface area contributed by atoms with Gasteiger partial charge in [-0.15, -0.1) is 0 Å². The van der Waals surface area contributed by atoms with Crippen LogP contribution in [0.4, 0.5) is 5.82 Å². The molecule has 0 amide bonds. The van der Waals surface area contributed by atoms with Crippen LogP contribution in [0.5, 0.6) is 0 Å². The molecule has 3 rings (SSSR count). The third-order valence-electron chi connectivity index (χ3n) is 4.40. The standard InChI is InChI=1S/C13H18ClN3/c1-17(13-6-12(14)15-8-16-13)7-11-5-9-2-3-10(11)4-9/h6,8-11H,2-5,7H2,1H3. The average molecular weight is 252 g/mol. The summed E-state index contributed by atoms with van der Waals surface area (Å²) in [6.07, 6.45) is 7.31. The molecule has 2 fully saturated rings. The zero-order valence-electron chi connectivity index (χ0n) is 10.1. The summed E-state index contributed by atoms with van der Waals surface area (Å²) in [5, 5.41) is 0.523. The van der Waals surface area contributed by atoms with Crippen molar-refractivity contribution in [1.82, 2.24) is 9.97 Å². The predicted octanol–water partition coefficient (Wildman–Crippen LogP) is 3.00. The first kappa shape index (κ1) is 11.3. The van der Waals surface area contributed by atoms with Gasteiger partial charge < -0.3 is 4.90 Å². The number of hydrogen-bond donors (Lipinski definition) is 0. The van der Waals surface area contributed by atoms with E-state index in [2.05, 4.69) is 21.9 Å². The Bertz CT molecular complexity index is 409. The van der Waals surface area contributed by atoms with Gasteiger partial charge in [-0.2, -0.15) is 0 Å². The van der Waals surface area contributed by atoms with Crippen LogP contribution in [0.2, 0.25) is 5.15 Å². The van der Waals surface area contributed by atoms with Crippen LogP contribution in [0.15, 0.2) is 12.4 Å². The molecule has 4 heteroatoms. The van der Waals surface area contributed by atoms with Crippen molar-refractivity contribution in [1.29, 1.82) is 0 Å². The first-order valence-corrected chi connectivity index (χ1v) is 6.79. The Balaban J connectivity index is 1.65. The van der Waals surface area contributed by atoms with Crippen LogP contribution < -0.4 is 4.90 Å². The molecule has 0 radical (unpaired) electrons. The predicted molar refractivity (Wildman–Crippen MR) is 69.3 cm³/mol. The van der Waals surface area contributed by atoms with Crippen molar-refractivity contribution >= 4 is 17.4 Å². The number of rotatable bonds is 3. The van der Waals surface area contributed by atoms with E-state index in [0.29, 0.717) is 5.15 Å². The SMILES string of the molecule is CN(CC1CC2CCC1C2)c1cc(Cl)ncn1. The molecular formula is C13H18ClN3. The molecule has 3 atom stereocenters. The summed E-state index contributed by atoms with van der Waals surface area (Å²) >= 11 is 5.89. The topological polar surface area (TPSA) is 29.0 Å². The molecule has 2 aliphatic carbocycles. The molecule has 1 aromatic rings. The van der Waals surface area contributed by atoms with Gasteiger partial charge in [0.05, 0.1) is 0 Å². The Morgan fingerprint density at radius 3 is 2.88 bits per heavy atom. The monoisotopic (exact) mass is 251 g/mol. The third-order valence-corrected chi connectivity index (χ3v) is 4.61. The van der Waals surface area contributed by atoms with Crippen LogP contribution in [0.25, 0.3) is 0 Å². The lowest BCUT2D eigenvalue weighted by atomic mass is 9.88. The third kappa shape index (κ3) is 2.25. The molecule has 2 bridgehead atoms. The number of hydrogen-bond acceptors (Lipinski definition) is 3. The first-order chi connectivity index (χ1) is 8.22. The van der Waals surface area contributed by atoms with Gasteiger partial charge in [0, 0.05) is 19.7 Å². The van der Waals surface area contributed by atoms with Crippen molar-refractivity contribution in [3.63, 3.8) is 0 Å². The van der Waals surface area contributed by atoms with E-state index < -0.39 is 0 Å². The van der Waals surface area contributed by atoms with Gasteiger partial charge in [0.2, 0.25) is 0 Å². The van der Waals surface area contributed by atoms with Crippen molar-refractivity contribution in [3.05, 3.63) is 17.5 Å². The molecule has 2 saturated carbocycles. The molecule has 0 saturated heterocycles. The van der Waals surface area contributed by atoms with Crippen LogP contribution in [0.3, 0.4) is 0 Å². The van der Waals surface area contributed by atoms with Crippen molar-refractivity contribution in [3.8, 4) is 0 Å². The summed E-state index contributed by atoms with van der Waals surface area (Å²) in [6, 6.07) is 1.84. The van der Waals surface area contributed by atoms with Crippen LogP contribution in [-0.2, 0) is 0 Å². The number of halogens is 1. The van der Waals surface area contributed by atoms with Gasteiger partial charge in [0.15, 0.2) is 0 Å². The fourth-order valence-corrected chi connectivity index (χ4v) is 3.72. The molecule has 0 N–H and O–H groups in total. The quantitative estimate of drug-likeness (QED) is 0.774. The Hall–Kier alpha value is -0.830. The summed E-state index contributed by atoms with van der Waals surface area (Å²) in [5.74, 6) is 3.76. The zero-order valence-corrected chi connectivity index (χ0v) is 10.9. The first-order valence-electron chi connectivity index (χ1n) is 6.41. The van der Waals surface area contributed by atoms with Crippen molar-refractivity contribution in [2.75, 3.05) is 18.5 Å². The minimum atomic E-state index is 0.523. The Labute approximate surface area is 107 Å². The Morgan fingerprint density at radius 2 is 2.24 bits per heavy atom. The fourth-order valence-electron chi connectivity index (χ4n) is 3.58. The Morgan fingerprint density at radius 1 is 1.35 bits per heavy atom. The van der Waals surface area contributed by atoms with E-state index in [1.165, 1.54) is 32.0 Å². The largest absolute Gasteiger partial charge is 0.359 e. The van der Waals surface area contributed by atoms with Gasteiger partial charge in [0.25, 0.3) is 0 Å². The number of fused-ring (bicyclic) bond motifs is 2. The van der Waals surface area contributed by atoms with Gasteiger partial charge in [-0.05, 0) is 37.0 Å². The second-order valence-electron chi connectivity index (χ2n) is 5.51. The lowest BCUT2D eigenvalue weighted by molar-refractivity contribution is 0.337. The molecule has 0 aliphatic heterocycles. The highest BCUT2D eigenvalue weighted by molar-refractivity contribution is 6.29. The molecular weight excluding hydrogens is 234 g/mol. The lowest BCUT2D eigenvalue weighted by Gasteiger charge is -2.27. The summed E-state index contributed by atoms with van der Waals surface area (Å²) in [5.41, 5.74) is 0. The van der Waals surface area contributed by atoms with E-state index in [1.807, 2.05) is 6.07 Å².